The topological polar surface area (TPSA) is 58.6 Å². The van der Waals surface area contributed by atoms with E-state index in [0.29, 0.717) is 6.42 Å². The van der Waals surface area contributed by atoms with Crippen LogP contribution in [0.1, 0.15) is 30.6 Å². The van der Waals surface area contributed by atoms with E-state index in [0.717, 1.165) is 18.2 Å². The number of aliphatic hydroxyl groups is 1. The molecule has 0 aliphatic carbocycles. The van der Waals surface area contributed by atoms with Gasteiger partial charge in [-0.3, -0.25) is 4.79 Å². The highest BCUT2D eigenvalue weighted by atomic mass is 19.3. The summed E-state index contributed by atoms with van der Waals surface area (Å²) in [5.41, 5.74) is -0.166. The Kier molecular flexibility index (Phi) is 6.48. The third-order valence-electron chi connectivity index (χ3n) is 2.76. The van der Waals surface area contributed by atoms with Crippen LogP contribution in [0, 0.1) is 11.7 Å². The molecule has 2 atom stereocenters. The number of nitrogens with one attached hydrogen (secondary N) is 1. The Hall–Kier alpha value is -1.76. The number of alkyl halides is 2. The Balaban J connectivity index is 2.73. The zero-order valence-corrected chi connectivity index (χ0v) is 11.8. The average molecular weight is 305 g/mol. The van der Waals surface area contributed by atoms with Crippen LogP contribution >= 0.6 is 0 Å². The first kappa shape index (κ1) is 17.3. The van der Waals surface area contributed by atoms with E-state index in [1.54, 1.807) is 6.92 Å². The number of ether oxygens (including phenoxy) is 1. The lowest BCUT2D eigenvalue weighted by Gasteiger charge is -2.15. The second-order valence-corrected chi connectivity index (χ2v) is 4.92. The number of benzene rings is 1. The van der Waals surface area contributed by atoms with Gasteiger partial charge in [-0.2, -0.15) is 8.78 Å². The minimum atomic E-state index is -3.15. The molecule has 21 heavy (non-hydrogen) atoms. The van der Waals surface area contributed by atoms with Crippen LogP contribution in [0.25, 0.3) is 0 Å². The summed E-state index contributed by atoms with van der Waals surface area (Å²) in [4.78, 5) is 11.9. The fourth-order valence-electron chi connectivity index (χ4n) is 1.91. The van der Waals surface area contributed by atoms with E-state index in [-0.39, 0.29) is 18.0 Å². The summed E-state index contributed by atoms with van der Waals surface area (Å²) in [6, 6.07) is 2.81. The monoisotopic (exact) mass is 305 g/mol. The van der Waals surface area contributed by atoms with Crippen LogP contribution in [0.4, 0.5) is 13.2 Å². The largest absolute Gasteiger partial charge is 0.434 e. The standard InChI is InChI=1S/C14H18F3NO3/c1-8(5-9(2)19)7-18-13(20)11-4-3-10(15)6-12(11)21-14(16)17/h3-4,6,8-9,14,19H,5,7H2,1-2H3,(H,18,20). The molecule has 0 heterocycles. The summed E-state index contributed by atoms with van der Waals surface area (Å²) in [6.07, 6.45) is -0.00941. The van der Waals surface area contributed by atoms with Crippen LogP contribution < -0.4 is 10.1 Å². The van der Waals surface area contributed by atoms with Gasteiger partial charge in [0.05, 0.1) is 11.7 Å². The number of amides is 1. The van der Waals surface area contributed by atoms with E-state index in [1.165, 1.54) is 0 Å². The number of carbonyl (C=O) groups excluding carboxylic acids is 1. The molecule has 0 saturated heterocycles. The van der Waals surface area contributed by atoms with Crippen molar-refractivity contribution in [1.82, 2.24) is 5.32 Å². The average Bonchev–Trinajstić information content (AvgIpc) is 2.34. The summed E-state index contributed by atoms with van der Waals surface area (Å²) in [6.45, 7) is 0.573. The number of carbonyl (C=O) groups is 1. The van der Waals surface area contributed by atoms with Crippen molar-refractivity contribution in [3.63, 3.8) is 0 Å². The molecule has 0 spiro atoms. The summed E-state index contributed by atoms with van der Waals surface area (Å²) in [5.74, 6) is -1.91. The van der Waals surface area contributed by atoms with Gasteiger partial charge in [-0.1, -0.05) is 6.92 Å². The lowest BCUT2D eigenvalue weighted by Crippen LogP contribution is -2.30. The lowest BCUT2D eigenvalue weighted by atomic mass is 10.0. The summed E-state index contributed by atoms with van der Waals surface area (Å²) < 4.78 is 41.7. The maximum absolute atomic E-state index is 13.0. The summed E-state index contributed by atoms with van der Waals surface area (Å²) in [5, 5.41) is 11.8. The maximum atomic E-state index is 13.0. The van der Waals surface area contributed by atoms with Gasteiger partial charge in [-0.15, -0.1) is 0 Å². The van der Waals surface area contributed by atoms with E-state index in [1.807, 2.05) is 6.92 Å². The molecule has 0 radical (unpaired) electrons. The molecule has 118 valence electrons. The van der Waals surface area contributed by atoms with E-state index in [2.05, 4.69) is 10.1 Å². The number of hydrogen-bond donors (Lipinski definition) is 2. The number of halogens is 3. The molecule has 0 fully saturated rings. The highest BCUT2D eigenvalue weighted by molar-refractivity contribution is 5.96. The molecular weight excluding hydrogens is 287 g/mol. The van der Waals surface area contributed by atoms with Crippen LogP contribution in [-0.2, 0) is 0 Å². The number of hydrogen-bond acceptors (Lipinski definition) is 3. The molecule has 0 aliphatic heterocycles. The molecule has 7 heteroatoms. The molecule has 0 bridgehead atoms. The van der Waals surface area contributed by atoms with Crippen LogP contribution in [0.15, 0.2) is 18.2 Å². The quantitative estimate of drug-likeness (QED) is 0.814. The smallest absolute Gasteiger partial charge is 0.387 e. The third-order valence-corrected chi connectivity index (χ3v) is 2.76. The SMILES string of the molecule is CC(O)CC(C)CNC(=O)c1ccc(F)cc1OC(F)F. The first-order valence-electron chi connectivity index (χ1n) is 6.50. The molecule has 1 amide bonds. The Labute approximate surface area is 120 Å². The fourth-order valence-corrected chi connectivity index (χ4v) is 1.91. The second kappa shape index (κ2) is 7.87. The predicted octanol–water partition coefficient (Wildman–Crippen LogP) is 2.56. The van der Waals surface area contributed by atoms with E-state index in [4.69, 9.17) is 0 Å². The van der Waals surface area contributed by atoms with Crippen molar-refractivity contribution in [3.8, 4) is 5.75 Å². The van der Waals surface area contributed by atoms with Gasteiger partial charge in [-0.25, -0.2) is 4.39 Å². The molecule has 0 aliphatic rings. The van der Waals surface area contributed by atoms with Crippen molar-refractivity contribution < 1.29 is 27.8 Å². The van der Waals surface area contributed by atoms with Crippen molar-refractivity contribution in [2.45, 2.75) is 33.0 Å². The third kappa shape index (κ3) is 6.03. The van der Waals surface area contributed by atoms with Crippen LogP contribution in [0.5, 0.6) is 5.75 Å². The number of aliphatic hydroxyl groups excluding tert-OH is 1. The lowest BCUT2D eigenvalue weighted by molar-refractivity contribution is -0.0503. The van der Waals surface area contributed by atoms with Crippen molar-refractivity contribution >= 4 is 5.91 Å². The van der Waals surface area contributed by atoms with Gasteiger partial charge in [0.2, 0.25) is 0 Å². The molecule has 0 saturated carbocycles. The van der Waals surface area contributed by atoms with E-state index in [9.17, 15) is 23.1 Å². The van der Waals surface area contributed by atoms with Crippen molar-refractivity contribution in [2.75, 3.05) is 6.54 Å². The van der Waals surface area contributed by atoms with Gasteiger partial charge in [0, 0.05) is 12.6 Å². The first-order chi connectivity index (χ1) is 9.79. The molecular formula is C14H18F3NO3. The van der Waals surface area contributed by atoms with Crippen LogP contribution in [0.2, 0.25) is 0 Å². The summed E-state index contributed by atoms with van der Waals surface area (Å²) >= 11 is 0. The molecule has 1 aromatic carbocycles. The van der Waals surface area contributed by atoms with Gasteiger partial charge in [-0.05, 0) is 31.4 Å². The molecule has 4 nitrogen and oxygen atoms in total. The molecule has 0 aromatic heterocycles. The van der Waals surface area contributed by atoms with Gasteiger partial charge in [0.1, 0.15) is 11.6 Å². The zero-order valence-electron chi connectivity index (χ0n) is 11.8. The highest BCUT2D eigenvalue weighted by Crippen LogP contribution is 2.22. The fraction of sp³-hybridized carbons (Fsp3) is 0.500. The van der Waals surface area contributed by atoms with E-state index < -0.39 is 30.2 Å². The van der Waals surface area contributed by atoms with Crippen molar-refractivity contribution in [3.05, 3.63) is 29.6 Å². The van der Waals surface area contributed by atoms with Crippen molar-refractivity contribution in [2.24, 2.45) is 5.92 Å². The Morgan fingerprint density at radius 3 is 2.62 bits per heavy atom. The molecule has 1 rings (SSSR count). The van der Waals surface area contributed by atoms with Gasteiger partial charge in [0.25, 0.3) is 5.91 Å². The minimum absolute atomic E-state index is 0.00821. The highest BCUT2D eigenvalue weighted by Gasteiger charge is 2.17. The van der Waals surface area contributed by atoms with Crippen LogP contribution in [0.3, 0.4) is 0 Å². The Bertz CT molecular complexity index is 481. The molecule has 2 unspecified atom stereocenters. The van der Waals surface area contributed by atoms with Crippen LogP contribution in [-0.4, -0.2) is 30.3 Å². The second-order valence-electron chi connectivity index (χ2n) is 4.92. The Morgan fingerprint density at radius 2 is 2.05 bits per heavy atom. The maximum Gasteiger partial charge on any atom is 0.387 e. The van der Waals surface area contributed by atoms with E-state index >= 15 is 0 Å². The predicted molar refractivity (Wildman–Crippen MR) is 70.8 cm³/mol. The minimum Gasteiger partial charge on any atom is -0.434 e. The Morgan fingerprint density at radius 1 is 1.38 bits per heavy atom. The zero-order chi connectivity index (χ0) is 16.0. The van der Waals surface area contributed by atoms with Gasteiger partial charge in [0.15, 0.2) is 0 Å². The van der Waals surface area contributed by atoms with Gasteiger partial charge < -0.3 is 15.2 Å². The summed E-state index contributed by atoms with van der Waals surface area (Å²) in [7, 11) is 0. The number of rotatable bonds is 7. The van der Waals surface area contributed by atoms with Crippen molar-refractivity contribution in [1.29, 1.82) is 0 Å². The molecule has 2 N–H and O–H groups in total. The first-order valence-corrected chi connectivity index (χ1v) is 6.50. The molecule has 1 aromatic rings. The normalized spacial score (nSPS) is 13.9. The van der Waals surface area contributed by atoms with Gasteiger partial charge >= 0.3 is 6.61 Å².